The van der Waals surface area contributed by atoms with Crippen LogP contribution in [0, 0.1) is 6.92 Å². The molecule has 3 nitrogen and oxygen atoms in total. The molecule has 0 heterocycles. The van der Waals surface area contributed by atoms with Crippen LogP contribution in [0.3, 0.4) is 0 Å². The van der Waals surface area contributed by atoms with Gasteiger partial charge in [0, 0.05) is 11.3 Å². The third-order valence-corrected chi connectivity index (χ3v) is 3.69. The normalized spacial score (nSPS) is 10.4. The van der Waals surface area contributed by atoms with Crippen LogP contribution in [0.2, 0.25) is 0 Å². The number of benzene rings is 2. The van der Waals surface area contributed by atoms with Crippen LogP contribution in [0.5, 0.6) is 5.75 Å². The molecule has 21 heavy (non-hydrogen) atoms. The van der Waals surface area contributed by atoms with E-state index in [0.29, 0.717) is 5.56 Å². The number of hydrogen-bond acceptors (Lipinski definition) is 2. The van der Waals surface area contributed by atoms with Crippen LogP contribution in [-0.4, -0.2) is 11.0 Å². The lowest BCUT2D eigenvalue weighted by molar-refractivity contribution is 0.102. The molecule has 0 saturated carbocycles. The predicted octanol–water partition coefficient (Wildman–Crippen LogP) is 4.08. The Hall–Kier alpha value is -2.29. The second-order valence-electron chi connectivity index (χ2n) is 5.11. The standard InChI is InChI=1S/C18H21NO2/c1-4-13-7-6-8-14(5-2)17(13)19-18(21)16-10-9-15(20)11-12(16)3/h6-11,20H,4-5H2,1-3H3,(H,19,21). The molecule has 2 aromatic carbocycles. The van der Waals surface area contributed by atoms with E-state index in [1.807, 2.05) is 25.1 Å². The minimum Gasteiger partial charge on any atom is -0.508 e. The fraction of sp³-hybridized carbons (Fsp3) is 0.278. The van der Waals surface area contributed by atoms with Gasteiger partial charge in [0.15, 0.2) is 0 Å². The summed E-state index contributed by atoms with van der Waals surface area (Å²) in [6, 6.07) is 10.9. The van der Waals surface area contributed by atoms with Crippen LogP contribution in [0.1, 0.15) is 40.9 Å². The third kappa shape index (κ3) is 3.24. The molecule has 1 amide bonds. The summed E-state index contributed by atoms with van der Waals surface area (Å²) in [4.78, 5) is 12.5. The Morgan fingerprint density at radius 1 is 1.10 bits per heavy atom. The van der Waals surface area contributed by atoms with E-state index in [2.05, 4.69) is 19.2 Å². The van der Waals surface area contributed by atoms with E-state index in [1.165, 1.54) is 6.07 Å². The fourth-order valence-electron chi connectivity index (χ4n) is 2.49. The van der Waals surface area contributed by atoms with Crippen LogP contribution in [0.15, 0.2) is 36.4 Å². The highest BCUT2D eigenvalue weighted by molar-refractivity contribution is 6.06. The van der Waals surface area contributed by atoms with E-state index in [0.717, 1.165) is 35.2 Å². The molecule has 0 aliphatic rings. The van der Waals surface area contributed by atoms with E-state index in [9.17, 15) is 9.90 Å². The fourth-order valence-corrected chi connectivity index (χ4v) is 2.49. The number of hydrogen-bond donors (Lipinski definition) is 2. The van der Waals surface area contributed by atoms with Crippen molar-refractivity contribution in [1.82, 2.24) is 0 Å². The van der Waals surface area contributed by atoms with Gasteiger partial charge in [-0.25, -0.2) is 0 Å². The van der Waals surface area contributed by atoms with Crippen molar-refractivity contribution < 1.29 is 9.90 Å². The number of carbonyl (C=O) groups excluding carboxylic acids is 1. The zero-order chi connectivity index (χ0) is 15.4. The van der Waals surface area contributed by atoms with Crippen LogP contribution >= 0.6 is 0 Å². The van der Waals surface area contributed by atoms with Gasteiger partial charge in [-0.1, -0.05) is 32.0 Å². The maximum atomic E-state index is 12.5. The van der Waals surface area contributed by atoms with E-state index >= 15 is 0 Å². The van der Waals surface area contributed by atoms with Crippen molar-refractivity contribution in [3.05, 3.63) is 58.7 Å². The van der Waals surface area contributed by atoms with Gasteiger partial charge in [0.2, 0.25) is 0 Å². The number of phenols is 1. The first-order valence-electron chi connectivity index (χ1n) is 7.28. The quantitative estimate of drug-likeness (QED) is 0.888. The van der Waals surface area contributed by atoms with Crippen molar-refractivity contribution in [3.8, 4) is 5.75 Å². The zero-order valence-electron chi connectivity index (χ0n) is 12.7. The molecule has 0 atom stereocenters. The molecule has 0 spiro atoms. The molecular formula is C18H21NO2. The van der Waals surface area contributed by atoms with E-state index < -0.39 is 0 Å². The Morgan fingerprint density at radius 3 is 2.24 bits per heavy atom. The molecule has 2 rings (SSSR count). The smallest absolute Gasteiger partial charge is 0.255 e. The van der Waals surface area contributed by atoms with Crippen molar-refractivity contribution in [2.75, 3.05) is 5.32 Å². The molecule has 0 fully saturated rings. The van der Waals surface area contributed by atoms with Gasteiger partial charge in [0.1, 0.15) is 5.75 Å². The number of phenolic OH excluding ortho intramolecular Hbond substituents is 1. The first kappa shape index (κ1) is 15.1. The summed E-state index contributed by atoms with van der Waals surface area (Å²) in [6.45, 7) is 5.98. The summed E-state index contributed by atoms with van der Waals surface area (Å²) in [5.41, 5.74) is 4.54. The van der Waals surface area contributed by atoms with Crippen molar-refractivity contribution >= 4 is 11.6 Å². The summed E-state index contributed by atoms with van der Waals surface area (Å²) >= 11 is 0. The highest BCUT2D eigenvalue weighted by Gasteiger charge is 2.13. The number of rotatable bonds is 4. The van der Waals surface area contributed by atoms with Gasteiger partial charge in [-0.2, -0.15) is 0 Å². The maximum absolute atomic E-state index is 12.5. The highest BCUT2D eigenvalue weighted by atomic mass is 16.3. The molecule has 110 valence electrons. The van der Waals surface area contributed by atoms with Gasteiger partial charge in [-0.05, 0) is 54.7 Å². The molecule has 2 N–H and O–H groups in total. The van der Waals surface area contributed by atoms with Gasteiger partial charge < -0.3 is 10.4 Å². The van der Waals surface area contributed by atoms with Crippen molar-refractivity contribution in [2.24, 2.45) is 0 Å². The summed E-state index contributed by atoms with van der Waals surface area (Å²) in [5.74, 6) is 0.0374. The maximum Gasteiger partial charge on any atom is 0.255 e. The zero-order valence-corrected chi connectivity index (χ0v) is 12.7. The lowest BCUT2D eigenvalue weighted by atomic mass is 10.0. The number of carbonyl (C=O) groups is 1. The Kier molecular flexibility index (Phi) is 4.63. The summed E-state index contributed by atoms with van der Waals surface area (Å²) in [7, 11) is 0. The lowest BCUT2D eigenvalue weighted by Gasteiger charge is -2.15. The highest BCUT2D eigenvalue weighted by Crippen LogP contribution is 2.24. The Morgan fingerprint density at radius 2 is 1.71 bits per heavy atom. The minimum atomic E-state index is -0.136. The molecule has 0 unspecified atom stereocenters. The number of para-hydroxylation sites is 1. The average molecular weight is 283 g/mol. The third-order valence-electron chi connectivity index (χ3n) is 3.69. The monoisotopic (exact) mass is 283 g/mol. The van der Waals surface area contributed by atoms with E-state index in [-0.39, 0.29) is 11.7 Å². The lowest BCUT2D eigenvalue weighted by Crippen LogP contribution is -2.16. The van der Waals surface area contributed by atoms with Gasteiger partial charge in [-0.3, -0.25) is 4.79 Å². The average Bonchev–Trinajstić information content (AvgIpc) is 2.47. The second-order valence-corrected chi connectivity index (χ2v) is 5.11. The Balaban J connectivity index is 2.35. The van der Waals surface area contributed by atoms with Crippen LogP contribution in [0.4, 0.5) is 5.69 Å². The van der Waals surface area contributed by atoms with Crippen LogP contribution < -0.4 is 5.32 Å². The second kappa shape index (κ2) is 6.44. The topological polar surface area (TPSA) is 49.3 Å². The molecule has 0 bridgehead atoms. The molecule has 0 saturated heterocycles. The van der Waals surface area contributed by atoms with Gasteiger partial charge >= 0.3 is 0 Å². The first-order chi connectivity index (χ1) is 10.1. The summed E-state index contributed by atoms with van der Waals surface area (Å²) in [5, 5.41) is 12.5. The molecule has 0 aliphatic heterocycles. The first-order valence-corrected chi connectivity index (χ1v) is 7.28. The Labute approximate surface area is 125 Å². The van der Waals surface area contributed by atoms with Gasteiger partial charge in [-0.15, -0.1) is 0 Å². The largest absolute Gasteiger partial charge is 0.508 e. The Bertz CT molecular complexity index is 640. The van der Waals surface area contributed by atoms with Gasteiger partial charge in [0.05, 0.1) is 0 Å². The molecule has 0 aliphatic carbocycles. The van der Waals surface area contributed by atoms with E-state index in [4.69, 9.17) is 0 Å². The van der Waals surface area contributed by atoms with Gasteiger partial charge in [0.25, 0.3) is 5.91 Å². The molecule has 3 heteroatoms. The molecule has 2 aromatic rings. The van der Waals surface area contributed by atoms with Crippen molar-refractivity contribution in [1.29, 1.82) is 0 Å². The van der Waals surface area contributed by atoms with Crippen molar-refractivity contribution in [2.45, 2.75) is 33.6 Å². The predicted molar refractivity (Wildman–Crippen MR) is 86.0 cm³/mol. The van der Waals surface area contributed by atoms with Crippen LogP contribution in [-0.2, 0) is 12.8 Å². The summed E-state index contributed by atoms with van der Waals surface area (Å²) < 4.78 is 0. The molecular weight excluding hydrogens is 262 g/mol. The number of aryl methyl sites for hydroxylation is 3. The molecule has 0 radical (unpaired) electrons. The number of anilines is 1. The SMILES string of the molecule is CCc1cccc(CC)c1NC(=O)c1ccc(O)cc1C. The van der Waals surface area contributed by atoms with Crippen molar-refractivity contribution in [3.63, 3.8) is 0 Å². The number of nitrogens with one attached hydrogen (secondary N) is 1. The summed E-state index contributed by atoms with van der Waals surface area (Å²) in [6.07, 6.45) is 1.75. The molecule has 0 aromatic heterocycles. The van der Waals surface area contributed by atoms with E-state index in [1.54, 1.807) is 12.1 Å². The van der Waals surface area contributed by atoms with Crippen LogP contribution in [0.25, 0.3) is 0 Å². The minimum absolute atomic E-state index is 0.136. The number of aromatic hydroxyl groups is 1. The number of amides is 1.